The van der Waals surface area contributed by atoms with Crippen LogP contribution in [0.3, 0.4) is 0 Å². The van der Waals surface area contributed by atoms with Crippen LogP contribution in [0.1, 0.15) is 36.1 Å². The van der Waals surface area contributed by atoms with E-state index in [-0.39, 0.29) is 0 Å². The molecular formula is C20H31BrN2. The Bertz CT molecular complexity index is 527. The molecule has 3 heteroatoms. The van der Waals surface area contributed by atoms with Crippen molar-refractivity contribution >= 4 is 15.9 Å². The van der Waals surface area contributed by atoms with Gasteiger partial charge in [-0.25, -0.2) is 0 Å². The Morgan fingerprint density at radius 3 is 1.65 bits per heavy atom. The van der Waals surface area contributed by atoms with Crippen LogP contribution < -0.4 is 11.1 Å². The molecule has 0 aliphatic heterocycles. The van der Waals surface area contributed by atoms with Crippen LogP contribution in [0.2, 0.25) is 0 Å². The van der Waals surface area contributed by atoms with Crippen molar-refractivity contribution in [2.75, 3.05) is 11.9 Å². The molecule has 2 aromatic rings. The Morgan fingerprint density at radius 1 is 0.870 bits per heavy atom. The summed E-state index contributed by atoms with van der Waals surface area (Å²) >= 11 is 3.15. The Kier molecular flexibility index (Phi) is 13.7. The average molecular weight is 379 g/mol. The number of aryl methyl sites for hydroxylation is 2. The fourth-order valence-corrected chi connectivity index (χ4v) is 1.91. The molecule has 0 saturated carbocycles. The van der Waals surface area contributed by atoms with Crippen molar-refractivity contribution in [2.24, 2.45) is 5.73 Å². The van der Waals surface area contributed by atoms with Crippen molar-refractivity contribution in [3.05, 3.63) is 70.8 Å². The van der Waals surface area contributed by atoms with Crippen LogP contribution in [-0.2, 0) is 13.1 Å². The summed E-state index contributed by atoms with van der Waals surface area (Å²) in [7, 11) is 0. The quantitative estimate of drug-likeness (QED) is 0.737. The van der Waals surface area contributed by atoms with E-state index in [0.29, 0.717) is 6.54 Å². The Morgan fingerprint density at radius 2 is 1.30 bits per heavy atom. The summed E-state index contributed by atoms with van der Waals surface area (Å²) in [5, 5.41) is 4.37. The lowest BCUT2D eigenvalue weighted by Crippen LogP contribution is -2.12. The van der Waals surface area contributed by atoms with Gasteiger partial charge in [0.25, 0.3) is 0 Å². The third-order valence-corrected chi connectivity index (χ3v) is 3.31. The fourth-order valence-electron chi connectivity index (χ4n) is 1.91. The number of nitrogens with two attached hydrogens (primary N) is 1. The summed E-state index contributed by atoms with van der Waals surface area (Å²) in [4.78, 5) is 0. The maximum atomic E-state index is 5.45. The number of nitrogens with one attached hydrogen (secondary N) is 1. The van der Waals surface area contributed by atoms with E-state index < -0.39 is 0 Å². The van der Waals surface area contributed by atoms with Gasteiger partial charge in [0.1, 0.15) is 0 Å². The van der Waals surface area contributed by atoms with Crippen LogP contribution in [0, 0.1) is 13.8 Å². The van der Waals surface area contributed by atoms with E-state index in [1.165, 1.54) is 22.3 Å². The standard InChI is InChI=1S/C10H15N.C8H11N.C2H5Br/c1-3-11-8-10-7-5-4-6-9(10)2;1-7-4-2-3-5-8(7)6-9;1-2-3/h4-7,11H,3,8H2,1-2H3;2-5H,6,9H2,1H3;2H2,1H3. The van der Waals surface area contributed by atoms with Crippen molar-refractivity contribution in [1.82, 2.24) is 5.32 Å². The molecule has 23 heavy (non-hydrogen) atoms. The smallest absolute Gasteiger partial charge is 0.0208 e. The number of halogens is 1. The first-order chi connectivity index (χ1) is 11.1. The molecule has 2 rings (SSSR count). The first-order valence-electron chi connectivity index (χ1n) is 8.16. The van der Waals surface area contributed by atoms with Gasteiger partial charge in [-0.3, -0.25) is 0 Å². The molecule has 0 saturated heterocycles. The molecule has 0 aliphatic carbocycles. The highest BCUT2D eigenvalue weighted by atomic mass is 79.9. The Labute approximate surface area is 150 Å². The number of benzene rings is 2. The average Bonchev–Trinajstić information content (AvgIpc) is 2.56. The Balaban J connectivity index is 0.000000365. The molecule has 0 atom stereocenters. The minimum atomic E-state index is 0.646. The molecule has 0 aromatic heterocycles. The van der Waals surface area contributed by atoms with Crippen molar-refractivity contribution in [1.29, 1.82) is 0 Å². The van der Waals surface area contributed by atoms with Crippen LogP contribution in [0.25, 0.3) is 0 Å². The van der Waals surface area contributed by atoms with E-state index in [4.69, 9.17) is 5.73 Å². The monoisotopic (exact) mass is 378 g/mol. The van der Waals surface area contributed by atoms with Crippen molar-refractivity contribution < 1.29 is 0 Å². The Hall–Kier alpha value is -1.16. The summed E-state index contributed by atoms with van der Waals surface area (Å²) in [5.74, 6) is 0. The molecule has 2 aromatic carbocycles. The molecule has 2 nitrogen and oxygen atoms in total. The lowest BCUT2D eigenvalue weighted by atomic mass is 10.1. The number of rotatable bonds is 4. The number of alkyl halides is 1. The summed E-state index contributed by atoms with van der Waals surface area (Å²) < 4.78 is 0. The lowest BCUT2D eigenvalue weighted by Gasteiger charge is -2.04. The SMILES string of the molecule is CCBr.CCNCc1ccccc1C.Cc1ccccc1CN. The second kappa shape index (κ2) is 14.4. The van der Waals surface area contributed by atoms with Gasteiger partial charge in [0, 0.05) is 18.4 Å². The molecule has 128 valence electrons. The number of hydrogen-bond donors (Lipinski definition) is 2. The summed E-state index contributed by atoms with van der Waals surface area (Å²) in [6.07, 6.45) is 0. The van der Waals surface area contributed by atoms with Gasteiger partial charge in [0.2, 0.25) is 0 Å². The third kappa shape index (κ3) is 10.3. The predicted octanol–water partition coefficient (Wildman–Crippen LogP) is 4.96. The predicted molar refractivity (Wildman–Crippen MR) is 107 cm³/mol. The molecular weight excluding hydrogens is 348 g/mol. The summed E-state index contributed by atoms with van der Waals surface area (Å²) in [6.45, 7) is 11.1. The molecule has 0 heterocycles. The normalized spacial score (nSPS) is 9.30. The van der Waals surface area contributed by atoms with Crippen molar-refractivity contribution in [2.45, 2.75) is 40.8 Å². The van der Waals surface area contributed by atoms with E-state index in [1.807, 2.05) is 19.1 Å². The van der Waals surface area contributed by atoms with E-state index in [0.717, 1.165) is 18.4 Å². The van der Waals surface area contributed by atoms with Gasteiger partial charge in [0.15, 0.2) is 0 Å². The highest BCUT2D eigenvalue weighted by Gasteiger charge is 1.93. The maximum absolute atomic E-state index is 5.45. The van der Waals surface area contributed by atoms with Crippen molar-refractivity contribution in [3.8, 4) is 0 Å². The highest BCUT2D eigenvalue weighted by molar-refractivity contribution is 9.09. The molecule has 0 bridgehead atoms. The molecule has 0 spiro atoms. The molecule has 0 radical (unpaired) electrons. The van der Waals surface area contributed by atoms with E-state index in [2.05, 4.69) is 78.4 Å². The summed E-state index contributed by atoms with van der Waals surface area (Å²) in [6, 6.07) is 16.6. The first kappa shape index (κ1) is 21.8. The third-order valence-electron chi connectivity index (χ3n) is 3.31. The van der Waals surface area contributed by atoms with Crippen LogP contribution in [0.5, 0.6) is 0 Å². The van der Waals surface area contributed by atoms with Gasteiger partial charge in [-0.1, -0.05) is 78.3 Å². The van der Waals surface area contributed by atoms with Gasteiger partial charge in [-0.05, 0) is 42.6 Å². The van der Waals surface area contributed by atoms with Crippen molar-refractivity contribution in [3.63, 3.8) is 0 Å². The first-order valence-corrected chi connectivity index (χ1v) is 9.28. The van der Waals surface area contributed by atoms with E-state index in [1.54, 1.807) is 0 Å². The highest BCUT2D eigenvalue weighted by Crippen LogP contribution is 2.05. The molecule has 0 fully saturated rings. The van der Waals surface area contributed by atoms with Gasteiger partial charge in [-0.15, -0.1) is 0 Å². The van der Waals surface area contributed by atoms with E-state index >= 15 is 0 Å². The van der Waals surface area contributed by atoms with Gasteiger partial charge in [0.05, 0.1) is 0 Å². The largest absolute Gasteiger partial charge is 0.326 e. The van der Waals surface area contributed by atoms with E-state index in [9.17, 15) is 0 Å². The topological polar surface area (TPSA) is 38.0 Å². The lowest BCUT2D eigenvalue weighted by molar-refractivity contribution is 0.723. The molecule has 3 N–H and O–H groups in total. The zero-order chi connectivity index (χ0) is 17.5. The van der Waals surface area contributed by atoms with Gasteiger partial charge >= 0.3 is 0 Å². The van der Waals surface area contributed by atoms with Crippen LogP contribution in [0.4, 0.5) is 0 Å². The summed E-state index contributed by atoms with van der Waals surface area (Å²) in [5.41, 5.74) is 10.7. The fraction of sp³-hybridized carbons (Fsp3) is 0.400. The minimum Gasteiger partial charge on any atom is -0.326 e. The molecule has 0 unspecified atom stereocenters. The number of hydrogen-bond acceptors (Lipinski definition) is 2. The van der Waals surface area contributed by atoms with Gasteiger partial charge < -0.3 is 11.1 Å². The second-order valence-corrected chi connectivity index (χ2v) is 6.23. The second-order valence-electron chi connectivity index (χ2n) is 5.10. The zero-order valence-electron chi connectivity index (χ0n) is 14.9. The molecule has 0 amide bonds. The van der Waals surface area contributed by atoms with Crippen LogP contribution in [-0.4, -0.2) is 11.9 Å². The zero-order valence-corrected chi connectivity index (χ0v) is 16.5. The van der Waals surface area contributed by atoms with Crippen LogP contribution >= 0.6 is 15.9 Å². The molecule has 0 aliphatic rings. The van der Waals surface area contributed by atoms with Gasteiger partial charge in [-0.2, -0.15) is 0 Å². The minimum absolute atomic E-state index is 0.646. The van der Waals surface area contributed by atoms with Crippen LogP contribution in [0.15, 0.2) is 48.5 Å². The maximum Gasteiger partial charge on any atom is 0.0208 e.